The highest BCUT2D eigenvalue weighted by Gasteiger charge is 2.43. The second-order valence-corrected chi connectivity index (χ2v) is 8.19. The molecule has 1 saturated heterocycles. The van der Waals surface area contributed by atoms with Gasteiger partial charge in [-0.3, -0.25) is 9.59 Å². The molecule has 5 nitrogen and oxygen atoms in total. The fourth-order valence-corrected chi connectivity index (χ4v) is 4.43. The van der Waals surface area contributed by atoms with Crippen LogP contribution in [0.3, 0.4) is 0 Å². The number of carbonyl (C=O) groups excluding carboxylic acids is 2. The number of allylic oxidation sites excluding steroid dienone is 1. The lowest BCUT2D eigenvalue weighted by Crippen LogP contribution is -2.48. The average molecular weight is 400 g/mol. The normalized spacial score (nSPS) is 18.7. The molecule has 1 aliphatic heterocycles. The van der Waals surface area contributed by atoms with E-state index in [0.29, 0.717) is 45.4 Å². The molecular formula is C24H33NO4. The first-order valence-corrected chi connectivity index (χ1v) is 10.8. The lowest BCUT2D eigenvalue weighted by atomic mass is 9.73. The van der Waals surface area contributed by atoms with Gasteiger partial charge in [0.15, 0.2) is 0 Å². The maximum atomic E-state index is 12.9. The van der Waals surface area contributed by atoms with E-state index in [1.165, 1.54) is 18.4 Å². The van der Waals surface area contributed by atoms with Crippen molar-refractivity contribution in [3.05, 3.63) is 41.5 Å². The summed E-state index contributed by atoms with van der Waals surface area (Å²) in [6, 6.07) is 7.86. The first-order valence-electron chi connectivity index (χ1n) is 10.8. The van der Waals surface area contributed by atoms with E-state index in [9.17, 15) is 9.59 Å². The molecule has 0 saturated carbocycles. The minimum atomic E-state index is -0.564. The molecule has 0 atom stereocenters. The number of methoxy groups -OCH3 is 1. The number of benzene rings is 1. The van der Waals surface area contributed by atoms with Crippen LogP contribution in [0.2, 0.25) is 0 Å². The molecule has 5 heteroatoms. The van der Waals surface area contributed by atoms with E-state index >= 15 is 0 Å². The highest BCUT2D eigenvalue weighted by molar-refractivity contribution is 5.81. The number of hydrogen-bond acceptors (Lipinski definition) is 4. The number of ether oxygens (including phenoxy) is 2. The van der Waals surface area contributed by atoms with Gasteiger partial charge < -0.3 is 14.4 Å². The molecular weight excluding hydrogens is 366 g/mol. The lowest BCUT2D eigenvalue weighted by Gasteiger charge is -2.40. The third-order valence-electron chi connectivity index (χ3n) is 6.25. The Balaban J connectivity index is 1.66. The van der Waals surface area contributed by atoms with Crippen LogP contribution in [0.15, 0.2) is 35.9 Å². The third kappa shape index (κ3) is 5.40. The van der Waals surface area contributed by atoms with E-state index in [1.54, 1.807) is 7.11 Å². The SMILES string of the molecule is CCOC(=O)C1(Cc2ccc(OC)cc2)CCN(C(=O)CC2=CCCCC2)CC1. The molecule has 1 aromatic carbocycles. The molecule has 0 aromatic heterocycles. The Bertz CT molecular complexity index is 730. The Hall–Kier alpha value is -2.30. The maximum absolute atomic E-state index is 12.9. The average Bonchev–Trinajstić information content (AvgIpc) is 2.75. The number of esters is 1. The van der Waals surface area contributed by atoms with Crippen molar-refractivity contribution in [1.82, 2.24) is 4.90 Å². The van der Waals surface area contributed by atoms with Crippen molar-refractivity contribution in [3.63, 3.8) is 0 Å². The minimum absolute atomic E-state index is 0.141. The smallest absolute Gasteiger partial charge is 0.312 e. The van der Waals surface area contributed by atoms with Crippen molar-refractivity contribution in [2.75, 3.05) is 26.8 Å². The van der Waals surface area contributed by atoms with E-state index in [2.05, 4.69) is 6.08 Å². The number of hydrogen-bond donors (Lipinski definition) is 0. The van der Waals surface area contributed by atoms with Gasteiger partial charge in [0.1, 0.15) is 5.75 Å². The van der Waals surface area contributed by atoms with E-state index < -0.39 is 5.41 Å². The van der Waals surface area contributed by atoms with Crippen molar-refractivity contribution >= 4 is 11.9 Å². The fourth-order valence-electron chi connectivity index (χ4n) is 4.43. The van der Waals surface area contributed by atoms with E-state index in [0.717, 1.165) is 24.2 Å². The van der Waals surface area contributed by atoms with Crippen molar-refractivity contribution in [3.8, 4) is 5.75 Å². The standard InChI is InChI=1S/C24H33NO4/c1-3-29-23(27)24(18-20-9-11-21(28-2)12-10-20)13-15-25(16-14-24)22(26)17-19-7-5-4-6-8-19/h7,9-12H,3-6,8,13-18H2,1-2H3. The molecule has 1 aromatic rings. The molecule has 0 spiro atoms. The summed E-state index contributed by atoms with van der Waals surface area (Å²) in [5, 5.41) is 0. The van der Waals surface area contributed by atoms with Gasteiger partial charge in [0.2, 0.25) is 5.91 Å². The van der Waals surface area contributed by atoms with Crippen LogP contribution >= 0.6 is 0 Å². The Morgan fingerprint density at radius 3 is 2.41 bits per heavy atom. The summed E-state index contributed by atoms with van der Waals surface area (Å²) in [7, 11) is 1.64. The maximum Gasteiger partial charge on any atom is 0.312 e. The Labute approximate surface area is 174 Å². The van der Waals surface area contributed by atoms with Crippen LogP contribution in [0.1, 0.15) is 57.4 Å². The number of piperidine rings is 1. The van der Waals surface area contributed by atoms with Gasteiger partial charge in [0, 0.05) is 19.5 Å². The van der Waals surface area contributed by atoms with Gasteiger partial charge in [0.25, 0.3) is 0 Å². The van der Waals surface area contributed by atoms with Gasteiger partial charge in [0.05, 0.1) is 19.1 Å². The first kappa shape index (κ1) is 21.4. The predicted molar refractivity (Wildman–Crippen MR) is 113 cm³/mol. The van der Waals surface area contributed by atoms with Gasteiger partial charge >= 0.3 is 5.97 Å². The molecule has 29 heavy (non-hydrogen) atoms. The summed E-state index contributed by atoms with van der Waals surface area (Å²) in [5.41, 5.74) is 1.80. The molecule has 1 heterocycles. The zero-order chi connectivity index (χ0) is 20.7. The molecule has 3 rings (SSSR count). The van der Waals surface area contributed by atoms with Crippen molar-refractivity contribution < 1.29 is 19.1 Å². The fraction of sp³-hybridized carbons (Fsp3) is 0.583. The van der Waals surface area contributed by atoms with E-state index in [1.807, 2.05) is 36.1 Å². The summed E-state index contributed by atoms with van der Waals surface area (Å²) >= 11 is 0. The number of carbonyl (C=O) groups is 2. The second kappa shape index (κ2) is 9.95. The largest absolute Gasteiger partial charge is 0.497 e. The lowest BCUT2D eigenvalue weighted by molar-refractivity contribution is -0.160. The van der Waals surface area contributed by atoms with Crippen molar-refractivity contribution in [2.24, 2.45) is 5.41 Å². The number of rotatable bonds is 7. The first-order chi connectivity index (χ1) is 14.1. The zero-order valence-electron chi connectivity index (χ0n) is 17.7. The molecule has 2 aliphatic rings. The van der Waals surface area contributed by atoms with Crippen LogP contribution < -0.4 is 4.74 Å². The highest BCUT2D eigenvalue weighted by Crippen LogP contribution is 2.37. The quantitative estimate of drug-likeness (QED) is 0.507. The van der Waals surface area contributed by atoms with Crippen LogP contribution in [-0.4, -0.2) is 43.6 Å². The topological polar surface area (TPSA) is 55.8 Å². The van der Waals surface area contributed by atoms with Gasteiger partial charge in [-0.05, 0) is 69.6 Å². The Kier molecular flexibility index (Phi) is 7.34. The van der Waals surface area contributed by atoms with Crippen LogP contribution in [0.4, 0.5) is 0 Å². The molecule has 1 aliphatic carbocycles. The minimum Gasteiger partial charge on any atom is -0.497 e. The van der Waals surface area contributed by atoms with Crippen LogP contribution in [-0.2, 0) is 20.7 Å². The second-order valence-electron chi connectivity index (χ2n) is 8.19. The van der Waals surface area contributed by atoms with Gasteiger partial charge in [-0.15, -0.1) is 0 Å². The summed E-state index contributed by atoms with van der Waals surface area (Å²) in [4.78, 5) is 27.6. The molecule has 0 radical (unpaired) electrons. The van der Waals surface area contributed by atoms with Gasteiger partial charge in [-0.25, -0.2) is 0 Å². The van der Waals surface area contributed by atoms with E-state index in [-0.39, 0.29) is 11.9 Å². The predicted octanol–water partition coefficient (Wildman–Crippen LogP) is 4.30. The van der Waals surface area contributed by atoms with E-state index in [4.69, 9.17) is 9.47 Å². The number of likely N-dealkylation sites (tertiary alicyclic amines) is 1. The number of nitrogens with zero attached hydrogens (tertiary/aromatic N) is 1. The van der Waals surface area contributed by atoms with Crippen molar-refractivity contribution in [1.29, 1.82) is 0 Å². The van der Waals surface area contributed by atoms with Crippen LogP contribution in [0.5, 0.6) is 5.75 Å². The monoisotopic (exact) mass is 399 g/mol. The Morgan fingerprint density at radius 1 is 1.10 bits per heavy atom. The Morgan fingerprint density at radius 2 is 1.83 bits per heavy atom. The molecule has 0 unspecified atom stereocenters. The van der Waals surface area contributed by atoms with Crippen LogP contribution in [0.25, 0.3) is 0 Å². The van der Waals surface area contributed by atoms with Gasteiger partial charge in [-0.2, -0.15) is 0 Å². The van der Waals surface area contributed by atoms with Gasteiger partial charge in [-0.1, -0.05) is 23.8 Å². The van der Waals surface area contributed by atoms with Crippen LogP contribution in [0, 0.1) is 5.41 Å². The molecule has 0 N–H and O–H groups in total. The molecule has 1 amide bonds. The summed E-state index contributed by atoms with van der Waals surface area (Å²) in [6.07, 6.45) is 9.24. The number of amides is 1. The molecule has 1 fully saturated rings. The molecule has 0 bridgehead atoms. The third-order valence-corrected chi connectivity index (χ3v) is 6.25. The summed E-state index contributed by atoms with van der Waals surface area (Å²) < 4.78 is 10.7. The summed E-state index contributed by atoms with van der Waals surface area (Å²) in [5.74, 6) is 0.856. The molecule has 158 valence electrons. The highest BCUT2D eigenvalue weighted by atomic mass is 16.5. The zero-order valence-corrected chi connectivity index (χ0v) is 17.7. The van der Waals surface area contributed by atoms with Crippen molar-refractivity contribution in [2.45, 2.75) is 58.3 Å². The summed E-state index contributed by atoms with van der Waals surface area (Å²) in [6.45, 7) is 3.44.